The van der Waals surface area contributed by atoms with E-state index in [1.807, 2.05) is 0 Å². The average Bonchev–Trinajstić information content (AvgIpc) is 2.87. The van der Waals surface area contributed by atoms with Crippen LogP contribution in [0.25, 0.3) is 5.76 Å². The van der Waals surface area contributed by atoms with Crippen LogP contribution in [0.1, 0.15) is 5.56 Å². The molecule has 0 saturated carbocycles. The first-order valence-electron chi connectivity index (χ1n) is 6.18. The van der Waals surface area contributed by atoms with Crippen molar-refractivity contribution < 1.29 is 14.6 Å². The molecule has 8 heteroatoms. The van der Waals surface area contributed by atoms with Crippen molar-refractivity contribution in [2.45, 2.75) is 0 Å². The molecule has 2 aromatic rings. The van der Waals surface area contributed by atoms with Gasteiger partial charge in [-0.1, -0.05) is 34.8 Å². The van der Waals surface area contributed by atoms with Crippen molar-refractivity contribution in [3.63, 3.8) is 0 Å². The number of thiophene rings is 1. The number of ether oxygens (including phenoxy) is 1. The summed E-state index contributed by atoms with van der Waals surface area (Å²) in [5.41, 5.74) is 0.654. The monoisotopic (exact) mass is 389 g/mol. The second-order valence-electron chi connectivity index (χ2n) is 4.23. The summed E-state index contributed by atoms with van der Waals surface area (Å²) < 4.78 is 5.31. The van der Waals surface area contributed by atoms with Crippen LogP contribution >= 0.6 is 46.1 Å². The number of carbonyl (C=O) groups excluding carboxylic acids is 1. The number of halogens is 3. The fraction of sp³-hybridized carbons (Fsp3) is 0.0667. The minimum Gasteiger partial charge on any atom is -0.506 e. The van der Waals surface area contributed by atoms with Crippen molar-refractivity contribution >= 4 is 69.8 Å². The van der Waals surface area contributed by atoms with Crippen LogP contribution in [-0.4, -0.2) is 24.4 Å². The van der Waals surface area contributed by atoms with Gasteiger partial charge in [-0.25, -0.2) is 4.79 Å². The van der Waals surface area contributed by atoms with Crippen molar-refractivity contribution in [3.05, 3.63) is 55.2 Å². The zero-order valence-electron chi connectivity index (χ0n) is 11.7. The fourth-order valence-electron chi connectivity index (χ4n) is 1.63. The quantitative estimate of drug-likeness (QED) is 0.322. The highest BCUT2D eigenvalue weighted by molar-refractivity contribution is 7.20. The molecule has 23 heavy (non-hydrogen) atoms. The number of nitrogens with zero attached hydrogens (tertiary/aromatic N) is 1. The molecule has 0 aliphatic rings. The van der Waals surface area contributed by atoms with Crippen LogP contribution in [0.2, 0.25) is 13.7 Å². The molecule has 2 rings (SSSR count). The predicted octanol–water partition coefficient (Wildman–Crippen LogP) is 5.55. The molecule has 0 fully saturated rings. The van der Waals surface area contributed by atoms with E-state index in [0.717, 1.165) is 11.3 Å². The molecule has 0 bridgehead atoms. The Hall–Kier alpha value is -1.53. The highest BCUT2D eigenvalue weighted by Gasteiger charge is 2.19. The van der Waals surface area contributed by atoms with E-state index < -0.39 is 5.97 Å². The third kappa shape index (κ3) is 4.48. The van der Waals surface area contributed by atoms with Gasteiger partial charge < -0.3 is 9.84 Å². The number of carbonyl (C=O) groups is 1. The van der Waals surface area contributed by atoms with Crippen LogP contribution in [0.5, 0.6) is 0 Å². The maximum absolute atomic E-state index is 11.9. The molecular formula is C15H10Cl3NO3S. The van der Waals surface area contributed by atoms with E-state index in [1.54, 1.807) is 24.3 Å². The molecule has 0 radical (unpaired) electrons. The standard InChI is InChI=1S/C15H10Cl3NO3S/c1-22-15(21)11(7-19-9-4-2-8(16)3-5-9)13(20)10-6-12(17)23-14(10)18/h2-7,20H,1H3/b13-11+,19-7?. The lowest BCUT2D eigenvalue weighted by Gasteiger charge is -2.04. The number of rotatable bonds is 4. The summed E-state index contributed by atoms with van der Waals surface area (Å²) in [6.45, 7) is 0. The number of esters is 1. The van der Waals surface area contributed by atoms with E-state index in [9.17, 15) is 9.90 Å². The maximum atomic E-state index is 11.9. The minimum atomic E-state index is -0.751. The van der Waals surface area contributed by atoms with Crippen molar-refractivity contribution in [1.82, 2.24) is 0 Å². The molecule has 1 N–H and O–H groups in total. The first kappa shape index (κ1) is 17.8. The molecule has 0 unspecified atom stereocenters. The Morgan fingerprint density at radius 3 is 2.43 bits per heavy atom. The lowest BCUT2D eigenvalue weighted by atomic mass is 10.1. The summed E-state index contributed by atoms with van der Waals surface area (Å²) in [5.74, 6) is -1.11. The fourth-order valence-corrected chi connectivity index (χ4v) is 3.23. The van der Waals surface area contributed by atoms with Gasteiger partial charge in [-0.15, -0.1) is 11.3 Å². The van der Waals surface area contributed by atoms with E-state index in [4.69, 9.17) is 34.8 Å². The van der Waals surface area contributed by atoms with E-state index in [1.165, 1.54) is 19.4 Å². The predicted molar refractivity (Wildman–Crippen MR) is 95.5 cm³/mol. The Labute approximate surface area is 151 Å². The van der Waals surface area contributed by atoms with Crippen molar-refractivity contribution in [3.8, 4) is 0 Å². The summed E-state index contributed by atoms with van der Waals surface area (Å²) in [7, 11) is 1.20. The summed E-state index contributed by atoms with van der Waals surface area (Å²) in [5, 5.41) is 10.9. The van der Waals surface area contributed by atoms with Crippen LogP contribution in [-0.2, 0) is 9.53 Å². The lowest BCUT2D eigenvalue weighted by molar-refractivity contribution is -0.135. The molecule has 0 saturated heterocycles. The zero-order chi connectivity index (χ0) is 17.0. The van der Waals surface area contributed by atoms with Gasteiger partial charge in [0.05, 0.1) is 17.1 Å². The van der Waals surface area contributed by atoms with Crippen molar-refractivity contribution in [1.29, 1.82) is 0 Å². The summed E-state index contributed by atoms with van der Waals surface area (Å²) in [4.78, 5) is 16.0. The third-order valence-electron chi connectivity index (χ3n) is 2.74. The number of aliphatic hydroxyl groups is 1. The number of benzene rings is 1. The molecule has 0 spiro atoms. The number of aliphatic imine (C=N–C) groups is 1. The van der Waals surface area contributed by atoms with E-state index in [0.29, 0.717) is 15.0 Å². The van der Waals surface area contributed by atoms with Gasteiger partial charge in [-0.05, 0) is 30.3 Å². The number of hydrogen-bond donors (Lipinski definition) is 1. The highest BCUT2D eigenvalue weighted by atomic mass is 35.5. The molecule has 120 valence electrons. The van der Waals surface area contributed by atoms with E-state index >= 15 is 0 Å². The first-order chi connectivity index (χ1) is 10.9. The third-order valence-corrected chi connectivity index (χ3v) is 4.48. The smallest absolute Gasteiger partial charge is 0.343 e. The molecule has 1 aromatic heterocycles. The van der Waals surface area contributed by atoms with Crippen molar-refractivity contribution in [2.75, 3.05) is 7.11 Å². The molecular weight excluding hydrogens is 381 g/mol. The van der Waals surface area contributed by atoms with Gasteiger partial charge in [-0.3, -0.25) is 4.99 Å². The lowest BCUT2D eigenvalue weighted by Crippen LogP contribution is -2.08. The van der Waals surface area contributed by atoms with Crippen molar-refractivity contribution in [2.24, 2.45) is 4.99 Å². The zero-order valence-corrected chi connectivity index (χ0v) is 14.8. The van der Waals surface area contributed by atoms with Crippen LogP contribution in [0.4, 0.5) is 5.69 Å². The molecule has 4 nitrogen and oxygen atoms in total. The van der Waals surface area contributed by atoms with Crippen LogP contribution < -0.4 is 0 Å². The van der Waals surface area contributed by atoms with Gasteiger partial charge in [0.25, 0.3) is 0 Å². The average molecular weight is 391 g/mol. The Morgan fingerprint density at radius 2 is 1.91 bits per heavy atom. The van der Waals surface area contributed by atoms with Crippen LogP contribution in [0, 0.1) is 0 Å². The number of aliphatic hydroxyl groups excluding tert-OH is 1. The topological polar surface area (TPSA) is 58.9 Å². The molecule has 0 atom stereocenters. The van der Waals surface area contributed by atoms with E-state index in [2.05, 4.69) is 9.73 Å². The van der Waals surface area contributed by atoms with Gasteiger partial charge in [0.2, 0.25) is 0 Å². The molecule has 0 aliphatic carbocycles. The molecule has 0 amide bonds. The summed E-state index contributed by atoms with van der Waals surface area (Å²) >= 11 is 18.7. The Balaban J connectivity index is 2.44. The second kappa shape index (κ2) is 7.84. The summed E-state index contributed by atoms with van der Waals surface area (Å²) in [6.07, 6.45) is 1.20. The molecule has 0 aliphatic heterocycles. The van der Waals surface area contributed by atoms with Crippen LogP contribution in [0.15, 0.2) is 40.9 Å². The largest absolute Gasteiger partial charge is 0.506 e. The normalized spacial score (nSPS) is 12.3. The number of hydrogen-bond acceptors (Lipinski definition) is 5. The molecule has 1 heterocycles. The second-order valence-corrected chi connectivity index (χ2v) is 6.95. The summed E-state index contributed by atoms with van der Waals surface area (Å²) in [6, 6.07) is 8.11. The minimum absolute atomic E-state index is 0.140. The highest BCUT2D eigenvalue weighted by Crippen LogP contribution is 2.35. The van der Waals surface area contributed by atoms with Crippen LogP contribution in [0.3, 0.4) is 0 Å². The number of methoxy groups -OCH3 is 1. The first-order valence-corrected chi connectivity index (χ1v) is 8.13. The maximum Gasteiger partial charge on any atom is 0.343 e. The van der Waals surface area contributed by atoms with Gasteiger partial charge >= 0.3 is 5.97 Å². The SMILES string of the molecule is COC(=O)/C(C=Nc1ccc(Cl)cc1)=C(/O)c1cc(Cl)sc1Cl. The van der Waals surface area contributed by atoms with E-state index in [-0.39, 0.29) is 21.2 Å². The Bertz CT molecular complexity index is 782. The molecule has 1 aromatic carbocycles. The van der Waals surface area contributed by atoms with Gasteiger partial charge in [0.1, 0.15) is 15.7 Å². The van der Waals surface area contributed by atoms with Gasteiger partial charge in [-0.2, -0.15) is 0 Å². The van der Waals surface area contributed by atoms with Gasteiger partial charge in [0, 0.05) is 16.8 Å². The van der Waals surface area contributed by atoms with Gasteiger partial charge in [0.15, 0.2) is 0 Å². The Morgan fingerprint density at radius 1 is 1.26 bits per heavy atom. The Kier molecular flexibility index (Phi) is 6.07.